The summed E-state index contributed by atoms with van der Waals surface area (Å²) in [5, 5.41) is 5.23. The van der Waals surface area contributed by atoms with E-state index in [4.69, 9.17) is 4.74 Å². The summed E-state index contributed by atoms with van der Waals surface area (Å²) in [5.74, 6) is -0.134. The van der Waals surface area contributed by atoms with E-state index in [1.54, 1.807) is 20.8 Å². The van der Waals surface area contributed by atoms with Crippen LogP contribution in [0.1, 0.15) is 33.5 Å². The molecular formula is C22H25FN4O3. The Bertz CT molecular complexity index is 1090. The third-order valence-electron chi connectivity index (χ3n) is 4.24. The molecule has 0 aliphatic heterocycles. The average Bonchev–Trinajstić information content (AvgIpc) is 3.00. The number of nitrogens with one attached hydrogen (secondary N) is 2. The normalized spacial score (nSPS) is 11.4. The van der Waals surface area contributed by atoms with Crippen LogP contribution < -0.4 is 10.6 Å². The van der Waals surface area contributed by atoms with Gasteiger partial charge in [0.25, 0.3) is 0 Å². The summed E-state index contributed by atoms with van der Waals surface area (Å²) in [4.78, 5) is 29.4. The molecule has 1 aromatic heterocycles. The highest BCUT2D eigenvalue weighted by Crippen LogP contribution is 2.24. The predicted molar refractivity (Wildman–Crippen MR) is 114 cm³/mol. The van der Waals surface area contributed by atoms with Gasteiger partial charge in [0.2, 0.25) is 5.91 Å². The van der Waals surface area contributed by atoms with Crippen LogP contribution in [0.2, 0.25) is 0 Å². The monoisotopic (exact) mass is 412 g/mol. The number of carbonyl (C=O) groups excluding carboxylic acids is 2. The molecule has 1 heterocycles. The highest BCUT2D eigenvalue weighted by molar-refractivity contribution is 5.98. The summed E-state index contributed by atoms with van der Waals surface area (Å²) in [6, 6.07) is 11.3. The van der Waals surface area contributed by atoms with Gasteiger partial charge in [0.05, 0.1) is 22.4 Å². The SMILES string of the molecule is CCc1nc2ccccc2n1CC(=O)Nc1cc(F)ccc1NC(=O)OC(C)(C)C. The van der Waals surface area contributed by atoms with E-state index in [2.05, 4.69) is 15.6 Å². The molecule has 0 atom stereocenters. The molecule has 30 heavy (non-hydrogen) atoms. The molecule has 0 unspecified atom stereocenters. The van der Waals surface area contributed by atoms with Gasteiger partial charge in [0, 0.05) is 6.42 Å². The lowest BCUT2D eigenvalue weighted by Gasteiger charge is -2.20. The Morgan fingerprint density at radius 1 is 1.10 bits per heavy atom. The lowest BCUT2D eigenvalue weighted by atomic mass is 10.2. The minimum absolute atomic E-state index is 0.00603. The van der Waals surface area contributed by atoms with Crippen molar-refractivity contribution in [1.29, 1.82) is 0 Å². The van der Waals surface area contributed by atoms with Crippen LogP contribution in [-0.2, 0) is 22.5 Å². The zero-order valence-electron chi connectivity index (χ0n) is 17.5. The van der Waals surface area contributed by atoms with Gasteiger partial charge in [-0.15, -0.1) is 0 Å². The fraction of sp³-hybridized carbons (Fsp3) is 0.318. The van der Waals surface area contributed by atoms with E-state index in [0.717, 1.165) is 22.9 Å². The van der Waals surface area contributed by atoms with Crippen molar-refractivity contribution in [3.63, 3.8) is 0 Å². The zero-order chi connectivity index (χ0) is 21.9. The highest BCUT2D eigenvalue weighted by atomic mass is 19.1. The first-order chi connectivity index (χ1) is 14.2. The number of para-hydroxylation sites is 2. The van der Waals surface area contributed by atoms with E-state index < -0.39 is 17.5 Å². The largest absolute Gasteiger partial charge is 0.444 e. The van der Waals surface area contributed by atoms with Crippen LogP contribution in [0.5, 0.6) is 0 Å². The molecule has 158 valence electrons. The van der Waals surface area contributed by atoms with Crippen LogP contribution in [0.3, 0.4) is 0 Å². The van der Waals surface area contributed by atoms with Gasteiger partial charge in [-0.1, -0.05) is 19.1 Å². The van der Waals surface area contributed by atoms with Gasteiger partial charge in [-0.05, 0) is 51.1 Å². The summed E-state index contributed by atoms with van der Waals surface area (Å²) >= 11 is 0. The summed E-state index contributed by atoms with van der Waals surface area (Å²) in [6.07, 6.45) is -0.0358. The molecule has 0 spiro atoms. The number of anilines is 2. The first-order valence-electron chi connectivity index (χ1n) is 9.70. The number of halogens is 1. The summed E-state index contributed by atoms with van der Waals surface area (Å²) < 4.78 is 20.9. The third-order valence-corrected chi connectivity index (χ3v) is 4.24. The highest BCUT2D eigenvalue weighted by Gasteiger charge is 2.19. The molecule has 0 aliphatic rings. The van der Waals surface area contributed by atoms with Crippen LogP contribution in [0.4, 0.5) is 20.6 Å². The maximum atomic E-state index is 13.8. The Labute approximate surface area is 174 Å². The van der Waals surface area contributed by atoms with Crippen LogP contribution in [0.25, 0.3) is 11.0 Å². The molecule has 3 aromatic rings. The van der Waals surface area contributed by atoms with Crippen LogP contribution >= 0.6 is 0 Å². The molecule has 7 nitrogen and oxygen atoms in total. The topological polar surface area (TPSA) is 85.3 Å². The molecule has 0 bridgehead atoms. The lowest BCUT2D eigenvalue weighted by molar-refractivity contribution is -0.116. The van der Waals surface area contributed by atoms with Gasteiger partial charge in [-0.2, -0.15) is 0 Å². The molecule has 2 amide bonds. The predicted octanol–water partition coefficient (Wildman–Crippen LogP) is 4.72. The standard InChI is InChI=1S/C22H25FN4O3/c1-5-19-24-16-8-6-7-9-18(16)27(19)13-20(28)25-17-12-14(23)10-11-15(17)26-21(29)30-22(2,3)4/h6-12H,5,13H2,1-4H3,(H,25,28)(H,26,29). The quantitative estimate of drug-likeness (QED) is 0.635. The number of hydrogen-bond donors (Lipinski definition) is 2. The smallest absolute Gasteiger partial charge is 0.412 e. The van der Waals surface area contributed by atoms with Gasteiger partial charge < -0.3 is 14.6 Å². The average molecular weight is 412 g/mol. The molecule has 0 saturated heterocycles. The summed E-state index contributed by atoms with van der Waals surface area (Å²) in [7, 11) is 0. The Balaban J connectivity index is 1.80. The fourth-order valence-electron chi connectivity index (χ4n) is 3.05. The molecule has 3 rings (SSSR count). The lowest BCUT2D eigenvalue weighted by Crippen LogP contribution is -2.28. The third kappa shape index (κ3) is 5.14. The van der Waals surface area contributed by atoms with Gasteiger partial charge >= 0.3 is 6.09 Å². The summed E-state index contributed by atoms with van der Waals surface area (Å²) in [6.45, 7) is 7.18. The van der Waals surface area contributed by atoms with E-state index in [-0.39, 0.29) is 23.8 Å². The molecule has 2 N–H and O–H groups in total. The molecule has 2 aromatic carbocycles. The molecule has 0 saturated carbocycles. The van der Waals surface area contributed by atoms with Gasteiger partial charge in [-0.25, -0.2) is 14.2 Å². The van der Waals surface area contributed by atoms with Gasteiger partial charge in [-0.3, -0.25) is 10.1 Å². The Morgan fingerprint density at radius 3 is 2.53 bits per heavy atom. The van der Waals surface area contributed by atoms with E-state index in [1.807, 2.05) is 35.8 Å². The van der Waals surface area contributed by atoms with Crippen molar-refractivity contribution >= 4 is 34.4 Å². The van der Waals surface area contributed by atoms with E-state index in [9.17, 15) is 14.0 Å². The fourth-order valence-corrected chi connectivity index (χ4v) is 3.05. The zero-order valence-corrected chi connectivity index (χ0v) is 17.5. The Kier molecular flexibility index (Phi) is 6.05. The van der Waals surface area contributed by atoms with Gasteiger partial charge in [0.15, 0.2) is 0 Å². The number of fused-ring (bicyclic) bond motifs is 1. The first kappa shape index (κ1) is 21.3. The number of aryl methyl sites for hydroxylation is 1. The van der Waals surface area contributed by atoms with Crippen LogP contribution in [0, 0.1) is 5.82 Å². The Morgan fingerprint density at radius 2 is 1.83 bits per heavy atom. The molecular weight excluding hydrogens is 387 g/mol. The number of hydrogen-bond acceptors (Lipinski definition) is 4. The first-order valence-corrected chi connectivity index (χ1v) is 9.70. The van der Waals surface area contributed by atoms with Crippen LogP contribution in [0.15, 0.2) is 42.5 Å². The van der Waals surface area contributed by atoms with E-state index in [1.165, 1.54) is 12.1 Å². The number of benzene rings is 2. The van der Waals surface area contributed by atoms with Crippen molar-refractivity contribution in [2.45, 2.75) is 46.3 Å². The van der Waals surface area contributed by atoms with Crippen molar-refractivity contribution < 1.29 is 18.7 Å². The number of amides is 2. The van der Waals surface area contributed by atoms with Crippen molar-refractivity contribution in [3.8, 4) is 0 Å². The number of nitrogens with zero attached hydrogens (tertiary/aromatic N) is 2. The maximum absolute atomic E-state index is 13.8. The number of carbonyl (C=O) groups is 2. The molecule has 0 radical (unpaired) electrons. The Hall–Kier alpha value is -3.42. The molecule has 8 heteroatoms. The number of imidazole rings is 1. The number of rotatable bonds is 5. The van der Waals surface area contributed by atoms with Crippen LogP contribution in [-0.4, -0.2) is 27.2 Å². The number of ether oxygens (including phenoxy) is 1. The summed E-state index contributed by atoms with van der Waals surface area (Å²) in [5.41, 5.74) is 1.35. The molecule has 0 aliphatic carbocycles. The maximum Gasteiger partial charge on any atom is 0.412 e. The second-order valence-electron chi connectivity index (χ2n) is 7.82. The van der Waals surface area contributed by atoms with E-state index in [0.29, 0.717) is 6.42 Å². The molecule has 0 fully saturated rings. The van der Waals surface area contributed by atoms with Crippen molar-refractivity contribution in [2.24, 2.45) is 0 Å². The van der Waals surface area contributed by atoms with Gasteiger partial charge in [0.1, 0.15) is 23.8 Å². The minimum atomic E-state index is -0.696. The minimum Gasteiger partial charge on any atom is -0.444 e. The second kappa shape index (κ2) is 8.52. The second-order valence-corrected chi connectivity index (χ2v) is 7.82. The van der Waals surface area contributed by atoms with Crippen molar-refractivity contribution in [1.82, 2.24) is 9.55 Å². The van der Waals surface area contributed by atoms with Crippen molar-refractivity contribution in [3.05, 3.63) is 54.1 Å². The number of aromatic nitrogens is 2. The van der Waals surface area contributed by atoms with Crippen molar-refractivity contribution in [2.75, 3.05) is 10.6 Å². The van der Waals surface area contributed by atoms with E-state index >= 15 is 0 Å².